The second kappa shape index (κ2) is 8.72. The SMILES string of the molecule is CCOC(=O)CCNC(C)(C)COCc1ccccc1.[HH]. The van der Waals surface area contributed by atoms with Crippen LogP contribution in [0.3, 0.4) is 0 Å². The van der Waals surface area contributed by atoms with E-state index in [0.29, 0.717) is 32.8 Å². The Morgan fingerprint density at radius 3 is 2.65 bits per heavy atom. The summed E-state index contributed by atoms with van der Waals surface area (Å²) < 4.78 is 10.6. The molecule has 20 heavy (non-hydrogen) atoms. The van der Waals surface area contributed by atoms with Crippen molar-refractivity contribution >= 4 is 5.97 Å². The van der Waals surface area contributed by atoms with Crippen molar-refractivity contribution in [2.24, 2.45) is 0 Å². The van der Waals surface area contributed by atoms with Crippen LogP contribution in [0.15, 0.2) is 30.3 Å². The first-order valence-corrected chi connectivity index (χ1v) is 7.06. The Kier molecular flexibility index (Phi) is 7.26. The van der Waals surface area contributed by atoms with Crippen molar-refractivity contribution in [3.8, 4) is 0 Å². The fourth-order valence-corrected chi connectivity index (χ4v) is 1.79. The predicted octanol–water partition coefficient (Wildman–Crippen LogP) is 2.77. The maximum Gasteiger partial charge on any atom is 0.307 e. The molecule has 0 radical (unpaired) electrons. The van der Waals surface area contributed by atoms with Gasteiger partial charge in [0.15, 0.2) is 0 Å². The Balaban J connectivity index is 0.00000400. The van der Waals surface area contributed by atoms with Gasteiger partial charge in [-0.15, -0.1) is 0 Å². The number of hydrogen-bond acceptors (Lipinski definition) is 4. The quantitative estimate of drug-likeness (QED) is 0.707. The van der Waals surface area contributed by atoms with E-state index >= 15 is 0 Å². The van der Waals surface area contributed by atoms with Crippen LogP contribution < -0.4 is 5.32 Å². The van der Waals surface area contributed by atoms with Gasteiger partial charge in [0.1, 0.15) is 0 Å². The predicted molar refractivity (Wildman–Crippen MR) is 81.5 cm³/mol. The summed E-state index contributed by atoms with van der Waals surface area (Å²) in [4.78, 5) is 11.2. The molecule has 0 aliphatic heterocycles. The number of carbonyl (C=O) groups is 1. The van der Waals surface area contributed by atoms with Gasteiger partial charge in [0, 0.05) is 13.5 Å². The summed E-state index contributed by atoms with van der Waals surface area (Å²) in [6, 6.07) is 10.1. The van der Waals surface area contributed by atoms with Gasteiger partial charge in [0.05, 0.1) is 26.2 Å². The van der Waals surface area contributed by atoms with Crippen LogP contribution in [0.5, 0.6) is 0 Å². The summed E-state index contributed by atoms with van der Waals surface area (Å²) in [6.45, 7) is 8.15. The molecule has 0 bridgehead atoms. The Hall–Kier alpha value is -1.39. The highest BCUT2D eigenvalue weighted by atomic mass is 16.5. The first-order chi connectivity index (χ1) is 9.53. The lowest BCUT2D eigenvalue weighted by Gasteiger charge is -2.26. The van der Waals surface area contributed by atoms with Crippen LogP contribution in [0.4, 0.5) is 0 Å². The Bertz CT molecular complexity index is 396. The molecule has 0 saturated heterocycles. The Labute approximate surface area is 123 Å². The lowest BCUT2D eigenvalue weighted by atomic mass is 10.1. The first-order valence-electron chi connectivity index (χ1n) is 7.06. The highest BCUT2D eigenvalue weighted by Gasteiger charge is 2.17. The van der Waals surface area contributed by atoms with E-state index in [0.717, 1.165) is 5.56 Å². The van der Waals surface area contributed by atoms with E-state index in [2.05, 4.69) is 19.2 Å². The molecule has 0 aliphatic rings. The molecule has 0 aromatic heterocycles. The summed E-state index contributed by atoms with van der Waals surface area (Å²) in [5, 5.41) is 3.31. The van der Waals surface area contributed by atoms with E-state index < -0.39 is 0 Å². The minimum atomic E-state index is -0.166. The lowest BCUT2D eigenvalue weighted by Crippen LogP contribution is -2.44. The molecule has 0 spiro atoms. The van der Waals surface area contributed by atoms with Crippen molar-refractivity contribution in [2.45, 2.75) is 39.3 Å². The highest BCUT2D eigenvalue weighted by Crippen LogP contribution is 2.06. The van der Waals surface area contributed by atoms with Crippen LogP contribution in [-0.2, 0) is 20.9 Å². The Morgan fingerprint density at radius 2 is 2.00 bits per heavy atom. The van der Waals surface area contributed by atoms with Gasteiger partial charge in [0.2, 0.25) is 0 Å². The van der Waals surface area contributed by atoms with Crippen molar-refractivity contribution in [3.63, 3.8) is 0 Å². The van der Waals surface area contributed by atoms with Gasteiger partial charge in [-0.3, -0.25) is 4.79 Å². The standard InChI is InChI=1S/C16H25NO3.H2/c1-4-20-15(18)10-11-17-16(2,3)13-19-12-14-8-6-5-7-9-14;/h5-9,17H,4,10-13H2,1-3H3;1H. The van der Waals surface area contributed by atoms with E-state index in [1.54, 1.807) is 0 Å². The fraction of sp³-hybridized carbons (Fsp3) is 0.562. The maximum atomic E-state index is 11.2. The number of ether oxygens (including phenoxy) is 2. The molecular formula is C16H27NO3. The third-order valence-corrected chi connectivity index (χ3v) is 2.81. The van der Waals surface area contributed by atoms with Gasteiger partial charge in [-0.25, -0.2) is 0 Å². The van der Waals surface area contributed by atoms with Crippen LogP contribution in [0.25, 0.3) is 0 Å². The zero-order valence-corrected chi connectivity index (χ0v) is 12.6. The maximum absolute atomic E-state index is 11.2. The molecule has 0 fully saturated rings. The number of esters is 1. The minimum Gasteiger partial charge on any atom is -0.466 e. The van der Waals surface area contributed by atoms with Crippen LogP contribution in [-0.4, -0.2) is 31.3 Å². The van der Waals surface area contributed by atoms with Crippen LogP contribution in [0, 0.1) is 0 Å². The van der Waals surface area contributed by atoms with Gasteiger partial charge in [-0.1, -0.05) is 30.3 Å². The van der Waals surface area contributed by atoms with Crippen LogP contribution >= 0.6 is 0 Å². The van der Waals surface area contributed by atoms with Crippen molar-refractivity contribution in [1.82, 2.24) is 5.32 Å². The summed E-state index contributed by atoms with van der Waals surface area (Å²) >= 11 is 0. The molecule has 1 aromatic carbocycles. The number of rotatable bonds is 9. The van der Waals surface area contributed by atoms with E-state index in [-0.39, 0.29) is 12.9 Å². The van der Waals surface area contributed by atoms with Gasteiger partial charge in [-0.05, 0) is 26.3 Å². The zero-order valence-electron chi connectivity index (χ0n) is 12.6. The average Bonchev–Trinajstić information content (AvgIpc) is 2.40. The molecule has 4 nitrogen and oxygen atoms in total. The highest BCUT2D eigenvalue weighted by molar-refractivity contribution is 5.69. The molecular weight excluding hydrogens is 254 g/mol. The first kappa shape index (κ1) is 16.7. The number of nitrogens with one attached hydrogen (secondary N) is 1. The van der Waals surface area contributed by atoms with E-state index in [1.807, 2.05) is 37.3 Å². The third-order valence-electron chi connectivity index (χ3n) is 2.81. The summed E-state index contributed by atoms with van der Waals surface area (Å²) in [5.41, 5.74) is 0.996. The second-order valence-electron chi connectivity index (χ2n) is 5.34. The molecule has 1 aromatic rings. The molecule has 0 aliphatic carbocycles. The summed E-state index contributed by atoms with van der Waals surface area (Å²) in [7, 11) is 0. The normalized spacial score (nSPS) is 11.3. The molecule has 1 N–H and O–H groups in total. The van der Waals surface area contributed by atoms with E-state index in [9.17, 15) is 4.79 Å². The summed E-state index contributed by atoms with van der Waals surface area (Å²) in [5.74, 6) is -0.166. The third kappa shape index (κ3) is 7.26. The molecule has 0 atom stereocenters. The van der Waals surface area contributed by atoms with E-state index in [1.165, 1.54) is 0 Å². The van der Waals surface area contributed by atoms with Crippen molar-refractivity contribution < 1.29 is 15.7 Å². The number of benzene rings is 1. The molecule has 1 rings (SSSR count). The second-order valence-corrected chi connectivity index (χ2v) is 5.34. The van der Waals surface area contributed by atoms with Crippen molar-refractivity contribution in [2.75, 3.05) is 19.8 Å². The van der Waals surface area contributed by atoms with Crippen molar-refractivity contribution in [3.05, 3.63) is 35.9 Å². The van der Waals surface area contributed by atoms with Gasteiger partial charge < -0.3 is 14.8 Å². The van der Waals surface area contributed by atoms with Crippen LogP contribution in [0.2, 0.25) is 0 Å². The molecule has 0 heterocycles. The van der Waals surface area contributed by atoms with Gasteiger partial charge in [0.25, 0.3) is 0 Å². The van der Waals surface area contributed by atoms with Crippen molar-refractivity contribution in [1.29, 1.82) is 0 Å². The number of carbonyl (C=O) groups excluding carboxylic acids is 1. The molecule has 0 unspecified atom stereocenters. The average molecular weight is 281 g/mol. The smallest absolute Gasteiger partial charge is 0.307 e. The number of hydrogen-bond donors (Lipinski definition) is 1. The Morgan fingerprint density at radius 1 is 1.30 bits per heavy atom. The largest absolute Gasteiger partial charge is 0.466 e. The molecule has 0 saturated carbocycles. The lowest BCUT2D eigenvalue weighted by molar-refractivity contribution is -0.143. The topological polar surface area (TPSA) is 47.6 Å². The van der Waals surface area contributed by atoms with Crippen LogP contribution in [0.1, 0.15) is 34.2 Å². The fourth-order valence-electron chi connectivity index (χ4n) is 1.79. The van der Waals surface area contributed by atoms with Gasteiger partial charge >= 0.3 is 5.97 Å². The molecule has 0 amide bonds. The van der Waals surface area contributed by atoms with Gasteiger partial charge in [-0.2, -0.15) is 0 Å². The molecule has 114 valence electrons. The molecule has 4 heteroatoms. The van der Waals surface area contributed by atoms with E-state index in [4.69, 9.17) is 9.47 Å². The zero-order chi connectivity index (χ0) is 14.8. The monoisotopic (exact) mass is 281 g/mol. The summed E-state index contributed by atoms with van der Waals surface area (Å²) in [6.07, 6.45) is 0.385. The minimum absolute atomic E-state index is 0.